The van der Waals surface area contributed by atoms with Gasteiger partial charge in [-0.2, -0.15) is 0 Å². The van der Waals surface area contributed by atoms with E-state index in [1.807, 2.05) is 28.8 Å². The lowest BCUT2D eigenvalue weighted by atomic mass is 10.1. The number of aliphatic hydroxyl groups is 1. The minimum Gasteiger partial charge on any atom is -0.467 e. The van der Waals surface area contributed by atoms with Crippen LogP contribution in [0.15, 0.2) is 36.4 Å². The van der Waals surface area contributed by atoms with Crippen LogP contribution in [0.5, 0.6) is 5.75 Å². The second-order valence-electron chi connectivity index (χ2n) is 6.12. The average molecular weight is 370 g/mol. The Hall–Kier alpha value is -3.17. The molecule has 0 radical (unpaired) electrons. The van der Waals surface area contributed by atoms with Crippen molar-refractivity contribution in [1.82, 2.24) is 9.55 Å². The number of hydrogen-bond donors (Lipinski definition) is 2. The zero-order valence-corrected chi connectivity index (χ0v) is 14.4. The Bertz CT molecular complexity index is 1000. The molecular formula is C18H18N4O5. The number of nitrogens with one attached hydrogen (secondary N) is 1. The minimum atomic E-state index is -0.421. The number of ether oxygens (including phenoxy) is 2. The number of nitro benzene ring substituents is 1. The van der Waals surface area contributed by atoms with Crippen molar-refractivity contribution in [2.75, 3.05) is 25.3 Å². The van der Waals surface area contributed by atoms with E-state index in [9.17, 15) is 10.1 Å². The average Bonchev–Trinajstić information content (AvgIpc) is 3.03. The number of aliphatic hydroxyl groups excluding tert-OH is 1. The van der Waals surface area contributed by atoms with Crippen LogP contribution in [0.4, 0.5) is 11.6 Å². The first-order chi connectivity index (χ1) is 13.2. The highest BCUT2D eigenvalue weighted by Crippen LogP contribution is 2.34. The van der Waals surface area contributed by atoms with Crippen LogP contribution in [0.3, 0.4) is 0 Å². The van der Waals surface area contributed by atoms with Crippen LogP contribution >= 0.6 is 0 Å². The fraction of sp³-hybridized carbons (Fsp3) is 0.278. The molecule has 0 aliphatic carbocycles. The van der Waals surface area contributed by atoms with Crippen molar-refractivity contribution >= 4 is 22.7 Å². The van der Waals surface area contributed by atoms with Gasteiger partial charge in [0.05, 0.1) is 35.7 Å². The molecule has 1 aliphatic heterocycles. The predicted molar refractivity (Wildman–Crippen MR) is 97.8 cm³/mol. The number of rotatable bonds is 6. The van der Waals surface area contributed by atoms with E-state index in [4.69, 9.17) is 14.6 Å². The molecule has 9 nitrogen and oxygen atoms in total. The van der Waals surface area contributed by atoms with Gasteiger partial charge in [-0.25, -0.2) is 4.98 Å². The predicted octanol–water partition coefficient (Wildman–Crippen LogP) is 2.26. The number of fused-ring (bicyclic) bond motifs is 2. The number of non-ortho nitro benzene ring substituents is 1. The van der Waals surface area contributed by atoms with Crippen molar-refractivity contribution in [3.05, 3.63) is 57.6 Å². The Morgan fingerprint density at radius 1 is 1.33 bits per heavy atom. The van der Waals surface area contributed by atoms with Crippen LogP contribution in [-0.2, 0) is 17.9 Å². The molecule has 3 aromatic rings. The molecule has 1 aromatic heterocycles. The van der Waals surface area contributed by atoms with Crippen LogP contribution in [0, 0.1) is 10.1 Å². The molecule has 9 heteroatoms. The number of hydrogen-bond acceptors (Lipinski definition) is 7. The quantitative estimate of drug-likeness (QED) is 0.506. The van der Waals surface area contributed by atoms with Gasteiger partial charge in [-0.1, -0.05) is 12.1 Å². The van der Waals surface area contributed by atoms with Crippen LogP contribution in [0.1, 0.15) is 11.1 Å². The van der Waals surface area contributed by atoms with E-state index in [1.165, 1.54) is 12.1 Å². The summed E-state index contributed by atoms with van der Waals surface area (Å²) in [5.41, 5.74) is 3.00. The van der Waals surface area contributed by atoms with Crippen molar-refractivity contribution in [3.8, 4) is 5.75 Å². The summed E-state index contributed by atoms with van der Waals surface area (Å²) in [6.45, 7) is 1.03. The third kappa shape index (κ3) is 3.29. The molecular weight excluding hydrogens is 352 g/mol. The summed E-state index contributed by atoms with van der Waals surface area (Å²) >= 11 is 0. The fourth-order valence-corrected chi connectivity index (χ4v) is 3.21. The number of para-hydroxylation sites is 2. The molecule has 0 atom stereocenters. The van der Waals surface area contributed by atoms with Crippen LogP contribution in [0.25, 0.3) is 11.0 Å². The first-order valence-electron chi connectivity index (χ1n) is 8.48. The van der Waals surface area contributed by atoms with E-state index in [0.717, 1.165) is 11.0 Å². The Morgan fingerprint density at radius 2 is 2.19 bits per heavy atom. The first kappa shape index (κ1) is 17.3. The van der Waals surface area contributed by atoms with Gasteiger partial charge in [0.25, 0.3) is 5.69 Å². The van der Waals surface area contributed by atoms with Crippen molar-refractivity contribution in [3.63, 3.8) is 0 Å². The van der Waals surface area contributed by atoms with Gasteiger partial charge in [-0.05, 0) is 12.1 Å². The van der Waals surface area contributed by atoms with Crippen molar-refractivity contribution < 1.29 is 19.5 Å². The molecule has 2 N–H and O–H groups in total. The molecule has 140 valence electrons. The second-order valence-corrected chi connectivity index (χ2v) is 6.12. The molecule has 0 unspecified atom stereocenters. The molecule has 1 aliphatic rings. The van der Waals surface area contributed by atoms with Gasteiger partial charge in [-0.3, -0.25) is 10.1 Å². The van der Waals surface area contributed by atoms with Gasteiger partial charge in [-0.15, -0.1) is 0 Å². The number of benzene rings is 2. The molecule has 0 saturated heterocycles. The number of nitro groups is 1. The Balaban J connectivity index is 1.82. The van der Waals surface area contributed by atoms with Gasteiger partial charge < -0.3 is 24.5 Å². The summed E-state index contributed by atoms with van der Waals surface area (Å²) in [5, 5.41) is 23.5. The number of anilines is 1. The van der Waals surface area contributed by atoms with E-state index < -0.39 is 4.92 Å². The number of imidazole rings is 1. The largest absolute Gasteiger partial charge is 0.467 e. The molecule has 0 spiro atoms. The van der Waals surface area contributed by atoms with Crippen LogP contribution < -0.4 is 10.1 Å². The molecule has 27 heavy (non-hydrogen) atoms. The van der Waals surface area contributed by atoms with Crippen molar-refractivity contribution in [2.24, 2.45) is 0 Å². The molecule has 0 bridgehead atoms. The topological polar surface area (TPSA) is 112 Å². The number of nitrogens with zero attached hydrogens (tertiary/aromatic N) is 3. The molecule has 0 saturated carbocycles. The molecule has 0 fully saturated rings. The highest BCUT2D eigenvalue weighted by molar-refractivity contribution is 5.78. The Kier molecular flexibility index (Phi) is 4.61. The third-order valence-electron chi connectivity index (χ3n) is 4.36. The lowest BCUT2D eigenvalue weighted by Crippen LogP contribution is -2.16. The maximum absolute atomic E-state index is 11.3. The highest BCUT2D eigenvalue weighted by atomic mass is 16.7. The summed E-state index contributed by atoms with van der Waals surface area (Å²) < 4.78 is 12.8. The number of aromatic nitrogens is 2. The van der Waals surface area contributed by atoms with Gasteiger partial charge in [0.1, 0.15) is 5.75 Å². The summed E-state index contributed by atoms with van der Waals surface area (Å²) in [6.07, 6.45) is 0. The Morgan fingerprint density at radius 3 is 3.00 bits per heavy atom. The minimum absolute atomic E-state index is 0.00728. The summed E-state index contributed by atoms with van der Waals surface area (Å²) in [5.74, 6) is 1.19. The summed E-state index contributed by atoms with van der Waals surface area (Å²) in [6, 6.07) is 10.6. The zero-order chi connectivity index (χ0) is 18.8. The maximum atomic E-state index is 11.3. The smallest absolute Gasteiger partial charge is 0.270 e. The Labute approximate surface area is 154 Å². The monoisotopic (exact) mass is 370 g/mol. The summed E-state index contributed by atoms with van der Waals surface area (Å²) in [7, 11) is 0. The van der Waals surface area contributed by atoms with Gasteiger partial charge in [0.2, 0.25) is 5.95 Å². The second kappa shape index (κ2) is 7.22. The molecule has 2 aromatic carbocycles. The molecule has 2 heterocycles. The fourth-order valence-electron chi connectivity index (χ4n) is 3.21. The lowest BCUT2D eigenvalue weighted by Gasteiger charge is -2.21. The van der Waals surface area contributed by atoms with Crippen molar-refractivity contribution in [1.29, 1.82) is 0 Å². The molecule has 0 amide bonds. The lowest BCUT2D eigenvalue weighted by molar-refractivity contribution is -0.385. The van der Waals surface area contributed by atoms with E-state index in [1.54, 1.807) is 0 Å². The van der Waals surface area contributed by atoms with Gasteiger partial charge in [0.15, 0.2) is 6.79 Å². The summed E-state index contributed by atoms with van der Waals surface area (Å²) in [4.78, 5) is 15.5. The van der Waals surface area contributed by atoms with E-state index in [2.05, 4.69) is 10.3 Å². The SMILES string of the molecule is O=[N+]([O-])c1cc2c(c(Cn3c(NCCO)nc4ccccc43)c1)OCOC2. The van der Waals surface area contributed by atoms with Crippen molar-refractivity contribution in [2.45, 2.75) is 13.2 Å². The maximum Gasteiger partial charge on any atom is 0.270 e. The first-order valence-corrected chi connectivity index (χ1v) is 8.48. The molecule has 4 rings (SSSR count). The van der Waals surface area contributed by atoms with Gasteiger partial charge >= 0.3 is 0 Å². The standard InChI is InChI=1S/C18H18N4O5/c23-6-5-19-18-20-15-3-1-2-4-16(15)21(18)9-12-7-14(22(24)25)8-13-10-26-11-27-17(12)13/h1-4,7-8,23H,5-6,9-11H2,(H,19,20). The van der Waals surface area contributed by atoms with Gasteiger partial charge in [0, 0.05) is 29.8 Å². The third-order valence-corrected chi connectivity index (χ3v) is 4.36. The normalized spacial score (nSPS) is 13.2. The van der Waals surface area contributed by atoms with E-state index in [0.29, 0.717) is 35.9 Å². The zero-order valence-electron chi connectivity index (χ0n) is 14.4. The van der Waals surface area contributed by atoms with Crippen LogP contribution in [-0.4, -0.2) is 39.5 Å². The van der Waals surface area contributed by atoms with E-state index >= 15 is 0 Å². The highest BCUT2D eigenvalue weighted by Gasteiger charge is 2.22. The van der Waals surface area contributed by atoms with E-state index in [-0.39, 0.29) is 25.7 Å². The van der Waals surface area contributed by atoms with Crippen LogP contribution in [0.2, 0.25) is 0 Å².